The molecule has 0 aromatic heterocycles. The largest absolute Gasteiger partial charge is 4.00 e. The summed E-state index contributed by atoms with van der Waals surface area (Å²) in [5.74, 6) is 0. The van der Waals surface area contributed by atoms with Crippen LogP contribution < -0.4 is 0 Å². The van der Waals surface area contributed by atoms with Crippen LogP contribution in [0, 0.1) is 0 Å². The summed E-state index contributed by atoms with van der Waals surface area (Å²) in [4.78, 5) is 0. The molecule has 56 valence electrons. The predicted molar refractivity (Wildman–Crippen MR) is 4.81 cm³/mol. The van der Waals surface area contributed by atoms with Crippen LogP contribution in [0.3, 0.4) is 0 Å². The molecule has 0 N–H and O–H groups in total. The summed E-state index contributed by atoms with van der Waals surface area (Å²) in [5, 5.41) is 0. The van der Waals surface area contributed by atoms with Crippen LogP contribution in [-0.2, 0) is 212 Å². The zero-order chi connectivity index (χ0) is 0. The van der Waals surface area contributed by atoms with E-state index in [0.717, 1.165) is 0 Å². The normalized spacial score (nSPS) is 0. The third-order valence-corrected chi connectivity index (χ3v) is 0. The van der Waals surface area contributed by atoms with Crippen molar-refractivity contribution >= 4 is 0 Å². The molecule has 0 aliphatic carbocycles. The summed E-state index contributed by atoms with van der Waals surface area (Å²) in [5.41, 5.74) is 0. The van der Waals surface area contributed by atoms with E-state index in [4.69, 9.17) is 0 Å². The van der Waals surface area contributed by atoms with Crippen molar-refractivity contribution in [3.8, 4) is 0 Å². The Hall–Kier alpha value is 5.43. The Morgan fingerprint density at radius 1 is 0.133 bits per heavy atom. The van der Waals surface area contributed by atoms with Crippen LogP contribution in [0.2, 0.25) is 0 Å². The van der Waals surface area contributed by atoms with Crippen LogP contribution in [0.4, 0.5) is 0 Å². The van der Waals surface area contributed by atoms with Gasteiger partial charge in [-0.3, -0.25) is 0 Å². The summed E-state index contributed by atoms with van der Waals surface area (Å²) in [7, 11) is 0. The van der Waals surface area contributed by atoms with Crippen LogP contribution in [-0.4, -0.2) is 0 Å². The SMILES string of the molecule is [O-2].[O-2].[O-2].[O-2].[O-2].[O-2].[O-2].[Ti+4].[Ti+4].[Ti+4].[Ti+4].[Ti+4].[Ti+4].[Ti+4].[Ti+4]. The van der Waals surface area contributed by atoms with E-state index in [1.165, 1.54) is 0 Å². The van der Waals surface area contributed by atoms with E-state index < -0.39 is 0 Å². The van der Waals surface area contributed by atoms with Gasteiger partial charge in [-0.1, -0.05) is 0 Å². The molecule has 0 atom stereocenters. The molecule has 0 aromatic rings. The van der Waals surface area contributed by atoms with Gasteiger partial charge in [0.2, 0.25) is 0 Å². The molecule has 0 saturated heterocycles. The van der Waals surface area contributed by atoms with Crippen molar-refractivity contribution in [1.82, 2.24) is 0 Å². The van der Waals surface area contributed by atoms with Gasteiger partial charge in [-0.05, 0) is 0 Å². The van der Waals surface area contributed by atoms with Crippen LogP contribution in [0.1, 0.15) is 0 Å². The molecular formula is O7Ti8+18. The van der Waals surface area contributed by atoms with Gasteiger partial charge in [0.05, 0.1) is 0 Å². The first-order chi connectivity index (χ1) is 0. The monoisotopic (exact) mass is 496 g/mol. The van der Waals surface area contributed by atoms with Crippen LogP contribution in [0.25, 0.3) is 0 Å². The van der Waals surface area contributed by atoms with Crippen molar-refractivity contribution in [1.29, 1.82) is 0 Å². The van der Waals surface area contributed by atoms with E-state index >= 15 is 0 Å². The first-order valence-corrected chi connectivity index (χ1v) is 0. The Balaban J connectivity index is 0. The molecule has 0 rings (SSSR count). The summed E-state index contributed by atoms with van der Waals surface area (Å²) >= 11 is 0. The molecule has 0 spiro atoms. The van der Waals surface area contributed by atoms with Gasteiger partial charge in [0.25, 0.3) is 0 Å². The molecule has 0 unspecified atom stereocenters. The van der Waals surface area contributed by atoms with Gasteiger partial charge >= 0.3 is 174 Å². The maximum atomic E-state index is 0. The van der Waals surface area contributed by atoms with Gasteiger partial charge in [-0.15, -0.1) is 0 Å². The van der Waals surface area contributed by atoms with Crippen molar-refractivity contribution in [3.05, 3.63) is 0 Å². The molecule has 15 heavy (non-hydrogen) atoms. The van der Waals surface area contributed by atoms with Gasteiger partial charge in [0.15, 0.2) is 0 Å². The fourth-order valence-corrected chi connectivity index (χ4v) is 0. The molecule has 15 heteroatoms. The minimum absolute atomic E-state index is 0. The second kappa shape index (κ2) is 224. The molecule has 0 heterocycles. The smallest absolute Gasteiger partial charge is 2.00 e. The number of hydrogen-bond acceptors (Lipinski definition) is 0. The second-order valence-electron chi connectivity index (χ2n) is 0. The first kappa shape index (κ1) is 261. The second-order valence-corrected chi connectivity index (χ2v) is 0. The number of rotatable bonds is 0. The quantitative estimate of drug-likeness (QED) is 0.378. The maximum Gasteiger partial charge on any atom is 4.00 e. The van der Waals surface area contributed by atoms with Gasteiger partial charge in [0.1, 0.15) is 0 Å². The van der Waals surface area contributed by atoms with E-state index in [2.05, 4.69) is 0 Å². The van der Waals surface area contributed by atoms with Crippen molar-refractivity contribution in [2.75, 3.05) is 0 Å². The predicted octanol–water partition coefficient (Wildman–Crippen LogP) is -0.852. The third kappa shape index (κ3) is 200. The molecule has 0 aromatic carbocycles. The van der Waals surface area contributed by atoms with Gasteiger partial charge in [-0.25, -0.2) is 0 Å². The fraction of sp³-hybridized carbons (Fsp3) is 0. The summed E-state index contributed by atoms with van der Waals surface area (Å²) in [6.07, 6.45) is 0. The Kier molecular flexibility index (Phi) is 3900. The van der Waals surface area contributed by atoms with E-state index in [1.54, 1.807) is 0 Å². The Bertz CT molecular complexity index is 15.0. The average molecular weight is 495 g/mol. The molecule has 0 aliphatic rings. The Labute approximate surface area is 208 Å². The van der Waals surface area contributed by atoms with Crippen LogP contribution in [0.5, 0.6) is 0 Å². The molecule has 0 aliphatic heterocycles. The van der Waals surface area contributed by atoms with Gasteiger partial charge < -0.3 is 38.3 Å². The molecule has 0 bridgehead atoms. The number of hydrogen-bond donors (Lipinski definition) is 0. The summed E-state index contributed by atoms with van der Waals surface area (Å²) in [6, 6.07) is 0. The van der Waals surface area contributed by atoms with Crippen molar-refractivity contribution in [2.45, 2.75) is 0 Å². The third-order valence-electron chi connectivity index (χ3n) is 0. The Morgan fingerprint density at radius 3 is 0.133 bits per heavy atom. The van der Waals surface area contributed by atoms with Gasteiger partial charge in [0, 0.05) is 0 Å². The summed E-state index contributed by atoms with van der Waals surface area (Å²) < 4.78 is 0. The van der Waals surface area contributed by atoms with Gasteiger partial charge in [-0.2, -0.15) is 0 Å². The molecule has 0 radical (unpaired) electrons. The Morgan fingerprint density at radius 2 is 0.133 bits per heavy atom. The average Bonchev–Trinajstić information content (AvgIpc) is 0. The standard InChI is InChI=1S/7O.8Ti/q7*-2;8*+4. The molecule has 0 saturated carbocycles. The molecule has 0 amide bonds. The first-order valence-electron chi connectivity index (χ1n) is 0. The fourth-order valence-electron chi connectivity index (χ4n) is 0. The topological polar surface area (TPSA) is 200 Å². The van der Waals surface area contributed by atoms with E-state index in [0.29, 0.717) is 0 Å². The zero-order valence-electron chi connectivity index (χ0n) is 6.86. The van der Waals surface area contributed by atoms with Crippen molar-refractivity contribution in [2.24, 2.45) is 0 Å². The van der Waals surface area contributed by atoms with Crippen LogP contribution >= 0.6 is 0 Å². The summed E-state index contributed by atoms with van der Waals surface area (Å²) in [6.45, 7) is 0. The molecule has 0 fully saturated rings. The zero-order valence-corrected chi connectivity index (χ0v) is 19.4. The minimum Gasteiger partial charge on any atom is -2.00 e. The maximum absolute atomic E-state index is 0. The molecular weight excluding hydrogens is 495 g/mol. The minimum atomic E-state index is 0. The van der Waals surface area contributed by atoms with Crippen molar-refractivity contribution in [3.63, 3.8) is 0 Å². The van der Waals surface area contributed by atoms with E-state index in [1.807, 2.05) is 0 Å². The van der Waals surface area contributed by atoms with Crippen LogP contribution in [0.15, 0.2) is 0 Å². The van der Waals surface area contributed by atoms with E-state index in [9.17, 15) is 0 Å². The van der Waals surface area contributed by atoms with Crippen molar-refractivity contribution < 1.29 is 212 Å². The van der Waals surface area contributed by atoms with E-state index in [-0.39, 0.29) is 212 Å². The molecule has 7 nitrogen and oxygen atoms in total.